The Hall–Kier alpha value is -1.52. The number of pyridine rings is 1. The first-order valence-electron chi connectivity index (χ1n) is 4.77. The molecule has 0 atom stereocenters. The molecule has 0 aromatic carbocycles. The third-order valence-electron chi connectivity index (χ3n) is 2.09. The lowest BCUT2D eigenvalue weighted by Gasteiger charge is -2.04. The highest BCUT2D eigenvalue weighted by atomic mass is 35.5. The van der Waals surface area contributed by atoms with Gasteiger partial charge < -0.3 is 9.73 Å². The summed E-state index contributed by atoms with van der Waals surface area (Å²) in [6.45, 7) is 0.385. The summed E-state index contributed by atoms with van der Waals surface area (Å²) in [5, 5.41) is 3.14. The number of furan rings is 1. The van der Waals surface area contributed by atoms with Crippen molar-refractivity contribution >= 4 is 29.1 Å². The van der Waals surface area contributed by atoms with Crippen LogP contribution in [0.3, 0.4) is 0 Å². The third kappa shape index (κ3) is 2.99. The number of carbonyl (C=O) groups is 1. The maximum absolute atomic E-state index is 11.7. The molecule has 0 aliphatic heterocycles. The molecular weight excluding hydrogens is 263 g/mol. The summed E-state index contributed by atoms with van der Waals surface area (Å²) in [4.78, 5) is 15.5. The SMILES string of the molecule is O=C(NCc1ccoc1)c1cnc(Cl)c(Cl)c1. The van der Waals surface area contributed by atoms with Crippen LogP contribution in [-0.2, 0) is 6.54 Å². The zero-order valence-electron chi connectivity index (χ0n) is 8.61. The van der Waals surface area contributed by atoms with E-state index in [4.69, 9.17) is 27.6 Å². The van der Waals surface area contributed by atoms with Crippen LogP contribution < -0.4 is 5.32 Å². The number of rotatable bonds is 3. The molecule has 2 rings (SSSR count). The molecule has 2 heterocycles. The van der Waals surface area contributed by atoms with Crippen LogP contribution in [-0.4, -0.2) is 10.9 Å². The summed E-state index contributed by atoms with van der Waals surface area (Å²) in [5.41, 5.74) is 1.24. The molecule has 0 saturated heterocycles. The standard InChI is InChI=1S/C11H8Cl2N2O2/c12-9-3-8(5-14-10(9)13)11(16)15-4-7-1-2-17-6-7/h1-3,5-6H,4H2,(H,15,16). The molecule has 2 aromatic rings. The van der Waals surface area contributed by atoms with Crippen molar-refractivity contribution in [2.45, 2.75) is 6.54 Å². The third-order valence-corrected chi connectivity index (χ3v) is 2.78. The molecule has 0 aliphatic carbocycles. The van der Waals surface area contributed by atoms with Crippen molar-refractivity contribution in [2.24, 2.45) is 0 Å². The molecule has 0 saturated carbocycles. The second-order valence-corrected chi connectivity index (χ2v) is 4.08. The molecule has 0 fully saturated rings. The van der Waals surface area contributed by atoms with Crippen LogP contribution in [0, 0.1) is 0 Å². The zero-order valence-corrected chi connectivity index (χ0v) is 10.1. The summed E-state index contributed by atoms with van der Waals surface area (Å²) in [5.74, 6) is -0.266. The molecule has 6 heteroatoms. The Labute approximate surface area is 108 Å². The maximum atomic E-state index is 11.7. The predicted octanol–water partition coefficient (Wildman–Crippen LogP) is 2.91. The Morgan fingerprint density at radius 3 is 2.94 bits per heavy atom. The molecule has 1 N–H and O–H groups in total. The van der Waals surface area contributed by atoms with E-state index in [1.54, 1.807) is 18.6 Å². The first kappa shape index (κ1) is 12.0. The number of hydrogen-bond donors (Lipinski definition) is 1. The molecule has 0 aliphatic rings. The Morgan fingerprint density at radius 2 is 2.29 bits per heavy atom. The Morgan fingerprint density at radius 1 is 1.47 bits per heavy atom. The van der Waals surface area contributed by atoms with E-state index in [-0.39, 0.29) is 16.1 Å². The van der Waals surface area contributed by atoms with Gasteiger partial charge in [-0.05, 0) is 12.1 Å². The fourth-order valence-corrected chi connectivity index (χ4v) is 1.49. The van der Waals surface area contributed by atoms with Gasteiger partial charge in [0.1, 0.15) is 5.15 Å². The number of halogens is 2. The van der Waals surface area contributed by atoms with Crippen LogP contribution in [0.15, 0.2) is 35.3 Å². The average Bonchev–Trinajstić information content (AvgIpc) is 2.82. The minimum atomic E-state index is -0.266. The highest BCUT2D eigenvalue weighted by Gasteiger charge is 2.08. The van der Waals surface area contributed by atoms with E-state index in [9.17, 15) is 4.79 Å². The van der Waals surface area contributed by atoms with E-state index in [1.807, 2.05) is 0 Å². The minimum Gasteiger partial charge on any atom is -0.472 e. The fraction of sp³-hybridized carbons (Fsp3) is 0.0909. The highest BCUT2D eigenvalue weighted by Crippen LogP contribution is 2.19. The van der Waals surface area contributed by atoms with Crippen molar-refractivity contribution in [1.29, 1.82) is 0 Å². The van der Waals surface area contributed by atoms with Gasteiger partial charge in [-0.25, -0.2) is 4.98 Å². The minimum absolute atomic E-state index is 0.179. The van der Waals surface area contributed by atoms with E-state index in [2.05, 4.69) is 10.3 Å². The lowest BCUT2D eigenvalue weighted by Crippen LogP contribution is -2.22. The average molecular weight is 271 g/mol. The monoisotopic (exact) mass is 270 g/mol. The second-order valence-electron chi connectivity index (χ2n) is 3.31. The molecule has 1 amide bonds. The van der Waals surface area contributed by atoms with Crippen molar-refractivity contribution < 1.29 is 9.21 Å². The van der Waals surface area contributed by atoms with Crippen LogP contribution >= 0.6 is 23.2 Å². The van der Waals surface area contributed by atoms with Crippen LogP contribution in [0.5, 0.6) is 0 Å². The predicted molar refractivity (Wildman–Crippen MR) is 64.1 cm³/mol. The summed E-state index contributed by atoms with van der Waals surface area (Å²) in [7, 11) is 0. The Kier molecular flexibility index (Phi) is 3.66. The number of nitrogens with zero attached hydrogens (tertiary/aromatic N) is 1. The van der Waals surface area contributed by atoms with Gasteiger partial charge >= 0.3 is 0 Å². The van der Waals surface area contributed by atoms with Gasteiger partial charge in [-0.2, -0.15) is 0 Å². The normalized spacial score (nSPS) is 10.2. The van der Waals surface area contributed by atoms with Crippen molar-refractivity contribution in [3.63, 3.8) is 0 Å². The Bertz CT molecular complexity index is 526. The molecule has 17 heavy (non-hydrogen) atoms. The molecule has 0 bridgehead atoms. The van der Waals surface area contributed by atoms with Gasteiger partial charge in [0.2, 0.25) is 0 Å². The van der Waals surface area contributed by atoms with Crippen LogP contribution in [0.25, 0.3) is 0 Å². The maximum Gasteiger partial charge on any atom is 0.253 e. The van der Waals surface area contributed by atoms with Gasteiger partial charge in [0, 0.05) is 18.3 Å². The summed E-state index contributed by atoms with van der Waals surface area (Å²) >= 11 is 11.4. The largest absolute Gasteiger partial charge is 0.472 e. The number of carbonyl (C=O) groups excluding carboxylic acids is 1. The topological polar surface area (TPSA) is 55.1 Å². The highest BCUT2D eigenvalue weighted by molar-refractivity contribution is 6.41. The van der Waals surface area contributed by atoms with Crippen LogP contribution in [0.4, 0.5) is 0 Å². The van der Waals surface area contributed by atoms with E-state index < -0.39 is 0 Å². The van der Waals surface area contributed by atoms with Gasteiger partial charge in [0.05, 0.1) is 23.1 Å². The molecule has 0 radical (unpaired) electrons. The smallest absolute Gasteiger partial charge is 0.253 e. The molecule has 0 spiro atoms. The number of aromatic nitrogens is 1. The van der Waals surface area contributed by atoms with Crippen molar-refractivity contribution in [3.05, 3.63) is 52.2 Å². The molecule has 0 unspecified atom stereocenters. The number of nitrogens with one attached hydrogen (secondary N) is 1. The van der Waals surface area contributed by atoms with Gasteiger partial charge in [-0.15, -0.1) is 0 Å². The lowest BCUT2D eigenvalue weighted by molar-refractivity contribution is 0.0950. The molecule has 88 valence electrons. The van der Waals surface area contributed by atoms with Crippen LogP contribution in [0.2, 0.25) is 10.2 Å². The van der Waals surface area contributed by atoms with Gasteiger partial charge in [-0.3, -0.25) is 4.79 Å². The second kappa shape index (κ2) is 5.21. The van der Waals surface area contributed by atoms with E-state index >= 15 is 0 Å². The van der Waals surface area contributed by atoms with E-state index in [1.165, 1.54) is 12.3 Å². The fourth-order valence-electron chi connectivity index (χ4n) is 1.22. The molecule has 2 aromatic heterocycles. The molecular formula is C11H8Cl2N2O2. The van der Waals surface area contributed by atoms with Crippen LogP contribution in [0.1, 0.15) is 15.9 Å². The van der Waals surface area contributed by atoms with E-state index in [0.717, 1.165) is 5.56 Å². The summed E-state index contributed by atoms with van der Waals surface area (Å²) in [6, 6.07) is 3.25. The summed E-state index contributed by atoms with van der Waals surface area (Å²) in [6.07, 6.45) is 4.48. The van der Waals surface area contributed by atoms with Gasteiger partial charge in [-0.1, -0.05) is 23.2 Å². The van der Waals surface area contributed by atoms with E-state index in [0.29, 0.717) is 12.1 Å². The number of hydrogen-bond acceptors (Lipinski definition) is 3. The Balaban J connectivity index is 2.02. The van der Waals surface area contributed by atoms with Gasteiger partial charge in [0.25, 0.3) is 5.91 Å². The van der Waals surface area contributed by atoms with Crippen molar-refractivity contribution in [2.75, 3.05) is 0 Å². The van der Waals surface area contributed by atoms with Gasteiger partial charge in [0.15, 0.2) is 0 Å². The number of amides is 1. The lowest BCUT2D eigenvalue weighted by atomic mass is 10.2. The quantitative estimate of drug-likeness (QED) is 0.873. The molecule has 4 nitrogen and oxygen atoms in total. The van der Waals surface area contributed by atoms with Crippen molar-refractivity contribution in [1.82, 2.24) is 10.3 Å². The zero-order chi connectivity index (χ0) is 12.3. The first-order valence-corrected chi connectivity index (χ1v) is 5.53. The first-order chi connectivity index (χ1) is 8.16. The van der Waals surface area contributed by atoms with Crippen molar-refractivity contribution in [3.8, 4) is 0 Å². The summed E-state index contributed by atoms with van der Waals surface area (Å²) < 4.78 is 4.89.